The molecule has 0 atom stereocenters. The molecule has 0 spiro atoms. The molecule has 0 fully saturated rings. The monoisotopic (exact) mass is 498 g/mol. The average molecular weight is 499 g/mol. The maximum Gasteiger partial charge on any atom is 0.0159 e. The summed E-state index contributed by atoms with van der Waals surface area (Å²) in [6, 6.07) is 53.1. The van der Waals surface area contributed by atoms with Crippen LogP contribution in [0.5, 0.6) is 0 Å². The first-order valence-corrected chi connectivity index (χ1v) is 13.7. The molecule has 0 nitrogen and oxygen atoms in total. The van der Waals surface area contributed by atoms with Crippen LogP contribution in [-0.4, -0.2) is 0 Å². The van der Waals surface area contributed by atoms with Crippen molar-refractivity contribution in [2.75, 3.05) is 0 Å². The third-order valence-corrected chi connectivity index (χ3v) is 8.28. The minimum atomic E-state index is 0.00215. The number of hydrogen-bond acceptors (Lipinski definition) is 0. The van der Waals surface area contributed by atoms with E-state index < -0.39 is 0 Å². The molecule has 6 aromatic rings. The first kappa shape index (κ1) is 23.4. The summed E-state index contributed by atoms with van der Waals surface area (Å²) in [6.45, 7) is 4.69. The van der Waals surface area contributed by atoms with Crippen LogP contribution in [0.25, 0.3) is 55.6 Å². The fourth-order valence-electron chi connectivity index (χ4n) is 6.15. The summed E-state index contributed by atoms with van der Waals surface area (Å²) >= 11 is 0. The van der Waals surface area contributed by atoms with E-state index in [0.717, 1.165) is 0 Å². The van der Waals surface area contributed by atoms with Gasteiger partial charge in [-0.2, -0.15) is 0 Å². The zero-order chi connectivity index (χ0) is 26.4. The zero-order valence-corrected chi connectivity index (χ0v) is 22.4. The van der Waals surface area contributed by atoms with Gasteiger partial charge in [-0.05, 0) is 91.0 Å². The molecule has 0 amide bonds. The van der Waals surface area contributed by atoms with Crippen molar-refractivity contribution in [1.29, 1.82) is 0 Å². The predicted molar refractivity (Wildman–Crippen MR) is 166 cm³/mol. The molecule has 0 radical (unpaired) electrons. The van der Waals surface area contributed by atoms with Crippen LogP contribution in [0.2, 0.25) is 0 Å². The zero-order valence-electron chi connectivity index (χ0n) is 22.4. The van der Waals surface area contributed by atoms with Gasteiger partial charge in [0, 0.05) is 5.41 Å². The number of rotatable bonds is 4. The van der Waals surface area contributed by atoms with E-state index in [1.165, 1.54) is 66.8 Å². The molecule has 0 bridgehead atoms. The normalized spacial score (nSPS) is 13.1. The van der Waals surface area contributed by atoms with Gasteiger partial charge in [-0.15, -0.1) is 0 Å². The van der Waals surface area contributed by atoms with E-state index in [4.69, 9.17) is 0 Å². The largest absolute Gasteiger partial charge is 0.0622 e. The van der Waals surface area contributed by atoms with E-state index >= 15 is 0 Å². The maximum atomic E-state index is 2.40. The molecule has 0 aromatic heterocycles. The Morgan fingerprint density at radius 3 is 1.28 bits per heavy atom. The molecular weight excluding hydrogens is 468 g/mol. The van der Waals surface area contributed by atoms with Crippen LogP contribution in [0.1, 0.15) is 25.0 Å². The molecule has 39 heavy (non-hydrogen) atoms. The van der Waals surface area contributed by atoms with Gasteiger partial charge in [-0.3, -0.25) is 0 Å². The van der Waals surface area contributed by atoms with Crippen LogP contribution in [0.15, 0.2) is 146 Å². The van der Waals surface area contributed by atoms with Gasteiger partial charge in [0.25, 0.3) is 0 Å². The highest BCUT2D eigenvalue weighted by Gasteiger charge is 2.35. The molecule has 1 aliphatic rings. The van der Waals surface area contributed by atoms with E-state index in [2.05, 4.69) is 159 Å². The fourth-order valence-corrected chi connectivity index (χ4v) is 6.15. The lowest BCUT2D eigenvalue weighted by Crippen LogP contribution is -2.14. The molecule has 0 aliphatic heterocycles. The molecule has 186 valence electrons. The smallest absolute Gasteiger partial charge is 0.0159 e. The number of fused-ring (bicyclic) bond motifs is 3. The first-order valence-electron chi connectivity index (χ1n) is 13.7. The lowest BCUT2D eigenvalue weighted by Gasteiger charge is -2.22. The quantitative estimate of drug-likeness (QED) is 0.227. The van der Waals surface area contributed by atoms with Gasteiger partial charge in [0.2, 0.25) is 0 Å². The molecule has 1 aliphatic carbocycles. The second-order valence-corrected chi connectivity index (χ2v) is 11.0. The predicted octanol–water partition coefficient (Wildman–Crippen LogP) is 10.7. The van der Waals surface area contributed by atoms with Gasteiger partial charge in [0.05, 0.1) is 0 Å². The summed E-state index contributed by atoms with van der Waals surface area (Å²) in [5, 5.41) is 0. The van der Waals surface area contributed by atoms with Crippen molar-refractivity contribution in [3.63, 3.8) is 0 Å². The summed E-state index contributed by atoms with van der Waals surface area (Å²) in [7, 11) is 0. The Bertz CT molecular complexity index is 1820. The van der Waals surface area contributed by atoms with Crippen molar-refractivity contribution >= 4 is 0 Å². The van der Waals surface area contributed by atoms with E-state index in [1.807, 2.05) is 0 Å². The Hall–Kier alpha value is -4.68. The number of hydrogen-bond donors (Lipinski definition) is 0. The molecule has 0 N–H and O–H groups in total. The van der Waals surface area contributed by atoms with Crippen LogP contribution in [-0.2, 0) is 5.41 Å². The molecule has 0 saturated carbocycles. The van der Waals surface area contributed by atoms with Gasteiger partial charge < -0.3 is 0 Å². The highest BCUT2D eigenvalue weighted by atomic mass is 14.4. The van der Waals surface area contributed by atoms with Crippen LogP contribution in [0, 0.1) is 0 Å². The van der Waals surface area contributed by atoms with Gasteiger partial charge >= 0.3 is 0 Å². The lowest BCUT2D eigenvalue weighted by atomic mass is 9.81. The van der Waals surface area contributed by atoms with Gasteiger partial charge in [-0.1, -0.05) is 135 Å². The van der Waals surface area contributed by atoms with Gasteiger partial charge in [0.1, 0.15) is 0 Å². The van der Waals surface area contributed by atoms with Crippen molar-refractivity contribution in [3.8, 4) is 55.6 Å². The second-order valence-electron chi connectivity index (χ2n) is 11.0. The Morgan fingerprint density at radius 2 is 0.718 bits per heavy atom. The van der Waals surface area contributed by atoms with Crippen LogP contribution in [0.3, 0.4) is 0 Å². The van der Waals surface area contributed by atoms with E-state index in [1.54, 1.807) is 0 Å². The Balaban J connectivity index is 1.24. The van der Waals surface area contributed by atoms with Gasteiger partial charge in [-0.25, -0.2) is 0 Å². The maximum absolute atomic E-state index is 2.40. The SMILES string of the molecule is CC1(C)c2ccccc2-c2ccc(-c3cccc(-c4cccc(-c5cccc(-c6ccccc6)c5)c4)c3)cc21. The van der Waals surface area contributed by atoms with Crippen molar-refractivity contribution < 1.29 is 0 Å². The van der Waals surface area contributed by atoms with Crippen molar-refractivity contribution in [2.45, 2.75) is 19.3 Å². The molecule has 0 heteroatoms. The first-order chi connectivity index (χ1) is 19.1. The third-order valence-electron chi connectivity index (χ3n) is 8.28. The van der Waals surface area contributed by atoms with E-state index in [-0.39, 0.29) is 5.41 Å². The van der Waals surface area contributed by atoms with E-state index in [9.17, 15) is 0 Å². The molecule has 0 heterocycles. The fraction of sp³-hybridized carbons (Fsp3) is 0.0769. The Kier molecular flexibility index (Phi) is 5.56. The van der Waals surface area contributed by atoms with Gasteiger partial charge in [0.15, 0.2) is 0 Å². The van der Waals surface area contributed by atoms with Crippen molar-refractivity contribution in [3.05, 3.63) is 157 Å². The van der Waals surface area contributed by atoms with E-state index in [0.29, 0.717) is 0 Å². The van der Waals surface area contributed by atoms with Crippen molar-refractivity contribution in [2.24, 2.45) is 0 Å². The average Bonchev–Trinajstić information content (AvgIpc) is 3.24. The summed E-state index contributed by atoms with van der Waals surface area (Å²) < 4.78 is 0. The Labute approximate surface area is 231 Å². The second kappa shape index (κ2) is 9.26. The molecule has 0 saturated heterocycles. The third kappa shape index (κ3) is 4.10. The van der Waals surface area contributed by atoms with Crippen LogP contribution >= 0.6 is 0 Å². The highest BCUT2D eigenvalue weighted by Crippen LogP contribution is 2.49. The molecule has 6 aromatic carbocycles. The lowest BCUT2D eigenvalue weighted by molar-refractivity contribution is 0.660. The molecule has 7 rings (SSSR count). The van der Waals surface area contributed by atoms with Crippen molar-refractivity contribution in [1.82, 2.24) is 0 Å². The topological polar surface area (TPSA) is 0 Å². The highest BCUT2D eigenvalue weighted by molar-refractivity contribution is 5.85. The number of benzene rings is 6. The standard InChI is InChI=1S/C39H30/c1-39(2)37-20-7-6-19-35(37)36-22-21-34(26-38(36)39)33-18-10-17-32(25-33)31-16-9-15-30(24-31)29-14-8-13-28(23-29)27-11-4-3-5-12-27/h3-26H,1-2H3. The summed E-state index contributed by atoms with van der Waals surface area (Å²) in [5.41, 5.74) is 15.5. The summed E-state index contributed by atoms with van der Waals surface area (Å²) in [4.78, 5) is 0. The molecule has 0 unspecified atom stereocenters. The Morgan fingerprint density at radius 1 is 0.308 bits per heavy atom. The van der Waals surface area contributed by atoms with Crippen LogP contribution < -0.4 is 0 Å². The minimum Gasteiger partial charge on any atom is -0.0622 e. The summed E-state index contributed by atoms with van der Waals surface area (Å²) in [5.74, 6) is 0. The minimum absolute atomic E-state index is 0.00215. The van der Waals surface area contributed by atoms with Crippen LogP contribution in [0.4, 0.5) is 0 Å². The molecular formula is C39H30. The summed E-state index contributed by atoms with van der Waals surface area (Å²) in [6.07, 6.45) is 0.